The molecule has 2 rings (SSSR count). The van der Waals surface area contributed by atoms with Crippen molar-refractivity contribution >= 4 is 11.5 Å². The van der Waals surface area contributed by atoms with E-state index in [0.717, 1.165) is 18.9 Å². The molecule has 2 heterocycles. The Morgan fingerprint density at radius 2 is 2.33 bits per heavy atom. The molecule has 0 radical (unpaired) electrons. The molecule has 0 aromatic carbocycles. The second kappa shape index (κ2) is 5.90. The average molecular weight is 247 g/mol. The van der Waals surface area contributed by atoms with Gasteiger partial charge in [-0.1, -0.05) is 0 Å². The van der Waals surface area contributed by atoms with E-state index >= 15 is 0 Å². The Morgan fingerprint density at radius 1 is 1.44 bits per heavy atom. The van der Waals surface area contributed by atoms with E-state index in [1.165, 1.54) is 0 Å². The van der Waals surface area contributed by atoms with Crippen molar-refractivity contribution in [2.75, 3.05) is 24.2 Å². The summed E-state index contributed by atoms with van der Waals surface area (Å²) in [5, 5.41) is 7.32. The highest BCUT2D eigenvalue weighted by molar-refractivity contribution is 5.53. The number of nitrogens with two attached hydrogens (primary N) is 1. The first-order valence-corrected chi connectivity index (χ1v) is 5.90. The molecule has 0 atom stereocenters. The van der Waals surface area contributed by atoms with Gasteiger partial charge in [-0.25, -0.2) is 0 Å². The predicted molar refractivity (Wildman–Crippen MR) is 70.5 cm³/mol. The molecular formula is C12H17N5O. The topological polar surface area (TPSA) is 78.0 Å². The van der Waals surface area contributed by atoms with Crippen molar-refractivity contribution in [2.45, 2.75) is 13.5 Å². The first kappa shape index (κ1) is 12.2. The Morgan fingerprint density at radius 3 is 3.06 bits per heavy atom. The third-order valence-electron chi connectivity index (χ3n) is 2.38. The molecule has 18 heavy (non-hydrogen) atoms. The maximum absolute atomic E-state index is 5.75. The van der Waals surface area contributed by atoms with E-state index in [4.69, 9.17) is 10.5 Å². The van der Waals surface area contributed by atoms with Gasteiger partial charge in [0.2, 0.25) is 5.88 Å². The first-order valence-electron chi connectivity index (χ1n) is 5.90. The predicted octanol–water partition coefficient (Wildman–Crippen LogP) is 1.37. The fourth-order valence-corrected chi connectivity index (χ4v) is 1.53. The molecule has 96 valence electrons. The van der Waals surface area contributed by atoms with E-state index in [9.17, 15) is 0 Å². The molecule has 0 bridgehead atoms. The maximum atomic E-state index is 5.75. The van der Waals surface area contributed by atoms with Gasteiger partial charge in [-0.3, -0.25) is 4.68 Å². The molecule has 0 unspecified atom stereocenters. The second-order valence-corrected chi connectivity index (χ2v) is 3.72. The van der Waals surface area contributed by atoms with Crippen LogP contribution in [0.25, 0.3) is 0 Å². The number of rotatable bonds is 6. The molecule has 2 aromatic rings. The lowest BCUT2D eigenvalue weighted by molar-refractivity contribution is 0.329. The standard InChI is InChI=1S/C12H17N5O/c1-2-18-12-10(13)4-5-11(16-12)14-7-9-17-8-3-6-15-17/h3-6,8H,2,7,9,13H2,1H3,(H,14,16). The molecule has 6 nitrogen and oxygen atoms in total. The summed E-state index contributed by atoms with van der Waals surface area (Å²) in [4.78, 5) is 4.29. The SMILES string of the molecule is CCOc1nc(NCCn2cccn2)ccc1N. The number of hydrogen-bond acceptors (Lipinski definition) is 5. The number of nitrogens with zero attached hydrogens (tertiary/aromatic N) is 3. The Labute approximate surface area is 106 Å². The lowest BCUT2D eigenvalue weighted by atomic mass is 10.4. The quantitative estimate of drug-likeness (QED) is 0.806. The zero-order valence-electron chi connectivity index (χ0n) is 10.3. The van der Waals surface area contributed by atoms with Gasteiger partial charge in [0.25, 0.3) is 0 Å². The fourth-order valence-electron chi connectivity index (χ4n) is 1.53. The molecule has 0 fully saturated rings. The summed E-state index contributed by atoms with van der Waals surface area (Å²) in [6.45, 7) is 3.97. The number of nitrogen functional groups attached to an aromatic ring is 1. The zero-order chi connectivity index (χ0) is 12.8. The molecule has 3 N–H and O–H groups in total. The van der Waals surface area contributed by atoms with Crippen LogP contribution in [-0.2, 0) is 6.54 Å². The molecule has 0 amide bonds. The van der Waals surface area contributed by atoms with Crippen LogP contribution in [0.2, 0.25) is 0 Å². The van der Waals surface area contributed by atoms with E-state index in [1.807, 2.05) is 29.9 Å². The van der Waals surface area contributed by atoms with Gasteiger partial charge in [0.15, 0.2) is 0 Å². The van der Waals surface area contributed by atoms with Crippen molar-refractivity contribution in [1.29, 1.82) is 0 Å². The van der Waals surface area contributed by atoms with E-state index in [2.05, 4.69) is 15.4 Å². The van der Waals surface area contributed by atoms with Gasteiger partial charge in [0.1, 0.15) is 5.82 Å². The van der Waals surface area contributed by atoms with Crippen LogP contribution in [-0.4, -0.2) is 27.9 Å². The highest BCUT2D eigenvalue weighted by Crippen LogP contribution is 2.20. The molecular weight excluding hydrogens is 230 g/mol. The smallest absolute Gasteiger partial charge is 0.239 e. The van der Waals surface area contributed by atoms with Crippen LogP contribution < -0.4 is 15.8 Å². The maximum Gasteiger partial charge on any atom is 0.239 e. The monoisotopic (exact) mass is 247 g/mol. The molecule has 0 saturated heterocycles. The van der Waals surface area contributed by atoms with Crippen LogP contribution in [0, 0.1) is 0 Å². The highest BCUT2D eigenvalue weighted by atomic mass is 16.5. The van der Waals surface area contributed by atoms with E-state index < -0.39 is 0 Å². The Kier molecular flexibility index (Phi) is 4.01. The average Bonchev–Trinajstić information content (AvgIpc) is 2.87. The van der Waals surface area contributed by atoms with E-state index in [0.29, 0.717) is 18.2 Å². The highest BCUT2D eigenvalue weighted by Gasteiger charge is 2.03. The second-order valence-electron chi connectivity index (χ2n) is 3.72. The van der Waals surface area contributed by atoms with E-state index in [1.54, 1.807) is 12.3 Å². The number of hydrogen-bond donors (Lipinski definition) is 2. The normalized spacial score (nSPS) is 10.3. The minimum atomic E-state index is 0.474. The van der Waals surface area contributed by atoms with Gasteiger partial charge < -0.3 is 15.8 Å². The summed E-state index contributed by atoms with van der Waals surface area (Å²) in [7, 11) is 0. The molecule has 0 aliphatic heterocycles. The number of ether oxygens (including phenoxy) is 1. The summed E-state index contributed by atoms with van der Waals surface area (Å²) in [6, 6.07) is 5.52. The van der Waals surface area contributed by atoms with Crippen molar-refractivity contribution in [3.63, 3.8) is 0 Å². The van der Waals surface area contributed by atoms with Crippen molar-refractivity contribution < 1.29 is 4.74 Å². The van der Waals surface area contributed by atoms with Gasteiger partial charge in [0.05, 0.1) is 18.8 Å². The lowest BCUT2D eigenvalue weighted by Gasteiger charge is -2.09. The Bertz CT molecular complexity index is 483. The molecule has 6 heteroatoms. The summed E-state index contributed by atoms with van der Waals surface area (Å²) in [5.74, 6) is 1.22. The van der Waals surface area contributed by atoms with Crippen molar-refractivity contribution in [1.82, 2.24) is 14.8 Å². The third-order valence-corrected chi connectivity index (χ3v) is 2.38. The molecule has 0 aliphatic carbocycles. The Hall–Kier alpha value is -2.24. The minimum Gasteiger partial charge on any atom is -0.476 e. The minimum absolute atomic E-state index is 0.474. The van der Waals surface area contributed by atoms with Crippen molar-refractivity contribution in [3.05, 3.63) is 30.6 Å². The molecule has 0 spiro atoms. The summed E-state index contributed by atoms with van der Waals surface area (Å²) >= 11 is 0. The first-order chi connectivity index (χ1) is 8.79. The Balaban J connectivity index is 1.90. The number of nitrogens with one attached hydrogen (secondary N) is 1. The van der Waals surface area contributed by atoms with Gasteiger partial charge in [-0.15, -0.1) is 0 Å². The number of aromatic nitrogens is 3. The van der Waals surface area contributed by atoms with Crippen LogP contribution >= 0.6 is 0 Å². The van der Waals surface area contributed by atoms with Crippen LogP contribution in [0.4, 0.5) is 11.5 Å². The van der Waals surface area contributed by atoms with Gasteiger partial charge in [-0.2, -0.15) is 10.1 Å². The van der Waals surface area contributed by atoms with Crippen molar-refractivity contribution in [2.24, 2.45) is 0 Å². The van der Waals surface area contributed by atoms with Gasteiger partial charge in [0, 0.05) is 18.9 Å². The largest absolute Gasteiger partial charge is 0.476 e. The molecule has 0 aliphatic rings. The van der Waals surface area contributed by atoms with Crippen LogP contribution in [0.15, 0.2) is 30.6 Å². The van der Waals surface area contributed by atoms with E-state index in [-0.39, 0.29) is 0 Å². The fraction of sp³-hybridized carbons (Fsp3) is 0.333. The number of anilines is 2. The summed E-state index contributed by atoms with van der Waals surface area (Å²) in [6.07, 6.45) is 3.68. The van der Waals surface area contributed by atoms with Crippen LogP contribution in [0.5, 0.6) is 5.88 Å². The van der Waals surface area contributed by atoms with Gasteiger partial charge in [-0.05, 0) is 25.1 Å². The molecule has 0 saturated carbocycles. The van der Waals surface area contributed by atoms with Crippen LogP contribution in [0.1, 0.15) is 6.92 Å². The lowest BCUT2D eigenvalue weighted by Crippen LogP contribution is -2.12. The molecule has 2 aromatic heterocycles. The van der Waals surface area contributed by atoms with Gasteiger partial charge >= 0.3 is 0 Å². The van der Waals surface area contributed by atoms with Crippen molar-refractivity contribution in [3.8, 4) is 5.88 Å². The summed E-state index contributed by atoms with van der Waals surface area (Å²) in [5.41, 5.74) is 6.30. The number of pyridine rings is 1. The summed E-state index contributed by atoms with van der Waals surface area (Å²) < 4.78 is 7.19. The zero-order valence-corrected chi connectivity index (χ0v) is 10.3. The third kappa shape index (κ3) is 3.13. The van der Waals surface area contributed by atoms with Crippen LogP contribution in [0.3, 0.4) is 0 Å².